The molecule has 7 heterocycles. The Morgan fingerprint density at radius 1 is 0.792 bits per heavy atom. The van der Waals surface area contributed by atoms with Gasteiger partial charge in [-0.2, -0.15) is 9.78 Å². The zero-order valence-electron chi connectivity index (χ0n) is 10.4. The first-order valence-corrected chi connectivity index (χ1v) is 10.2. The van der Waals surface area contributed by atoms with Gasteiger partial charge in [-0.05, 0) is 0 Å². The van der Waals surface area contributed by atoms with Crippen LogP contribution in [-0.2, 0) is 69.3 Å². The smallest absolute Gasteiger partial charge is 0.366 e. The number of hydrogen-bond acceptors (Lipinski definition) is 16. The molecular weight excluding hydrogens is 409 g/mol. The Morgan fingerprint density at radius 2 is 1.46 bits per heavy atom. The molecule has 24 heavy (non-hydrogen) atoms. The lowest BCUT2D eigenvalue weighted by molar-refractivity contribution is -0.564. The fourth-order valence-electron chi connectivity index (χ4n) is 2.77. The van der Waals surface area contributed by atoms with Gasteiger partial charge in [-0.3, -0.25) is 0 Å². The van der Waals surface area contributed by atoms with Gasteiger partial charge in [-0.1, -0.05) is 0 Å². The zero-order valence-corrected chi connectivity index (χ0v) is 13.1. The molecule has 2 spiro atoms. The number of phosphoric ester groups is 2. The van der Waals surface area contributed by atoms with Gasteiger partial charge in [0.15, 0.2) is 0 Å². The Balaban J connectivity index is 1.58. The monoisotopic (exact) mass is 410 g/mol. The van der Waals surface area contributed by atoms with Crippen LogP contribution in [0.3, 0.4) is 0 Å². The highest BCUT2D eigenvalue weighted by Crippen LogP contribution is 2.87. The molecule has 7 rings (SSSR count). The van der Waals surface area contributed by atoms with Crippen molar-refractivity contribution < 1.29 is 74.4 Å². The van der Waals surface area contributed by atoms with Gasteiger partial charge in [0.1, 0.15) is 0 Å². The number of aliphatic hydroxyl groups is 1. The van der Waals surface area contributed by atoms with Crippen LogP contribution in [0.15, 0.2) is 0 Å². The molecule has 132 valence electrons. The molecular formula is C5HO16P3. The predicted molar refractivity (Wildman–Crippen MR) is 52.9 cm³/mol. The minimum Gasteiger partial charge on any atom is -0.366 e. The summed E-state index contributed by atoms with van der Waals surface area (Å²) in [6.07, 6.45) is 0. The Bertz CT molecular complexity index is 865. The van der Waals surface area contributed by atoms with Gasteiger partial charge in [-0.25, -0.2) is 45.6 Å². The zero-order chi connectivity index (χ0) is 16.9. The van der Waals surface area contributed by atoms with Crippen LogP contribution >= 0.6 is 23.5 Å². The van der Waals surface area contributed by atoms with Crippen molar-refractivity contribution in [3.8, 4) is 0 Å². The molecule has 16 nitrogen and oxygen atoms in total. The average Bonchev–Trinajstić information content (AvgIpc) is 3.09. The summed E-state index contributed by atoms with van der Waals surface area (Å²) >= 11 is 0. The predicted octanol–water partition coefficient (Wildman–Crippen LogP) is -0.334. The van der Waals surface area contributed by atoms with Gasteiger partial charge in [-0.15, -0.1) is 9.35 Å². The quantitative estimate of drug-likeness (QED) is 0.436. The molecule has 0 amide bonds. The molecule has 0 aromatic carbocycles. The Kier molecular flexibility index (Phi) is 2.14. The summed E-state index contributed by atoms with van der Waals surface area (Å²) in [5.74, 6) is -13.8. The van der Waals surface area contributed by atoms with E-state index in [1.807, 2.05) is 0 Å². The number of hydrogen-bond donors (Lipinski definition) is 1. The first kappa shape index (κ1) is 14.8. The summed E-state index contributed by atoms with van der Waals surface area (Å²) in [7, 11) is -13.5. The molecule has 6 bridgehead atoms. The first-order chi connectivity index (χ1) is 11.0. The van der Waals surface area contributed by atoms with E-state index in [1.165, 1.54) is 0 Å². The molecule has 19 heteroatoms. The van der Waals surface area contributed by atoms with E-state index in [0.717, 1.165) is 0 Å². The fourth-order valence-corrected chi connectivity index (χ4v) is 6.96. The third-order valence-corrected chi connectivity index (χ3v) is 7.43. The van der Waals surface area contributed by atoms with E-state index < -0.39 is 52.8 Å². The van der Waals surface area contributed by atoms with Crippen LogP contribution in [-0.4, -0.2) is 34.4 Å². The number of carbonyl (C=O) groups is 1. The SMILES string of the molecule is O=C1OP2(=O)OC1(C1(O)OP3(=O)OC45OOP(=O)(OOC41O3)O5)O2. The van der Waals surface area contributed by atoms with Gasteiger partial charge < -0.3 is 9.63 Å². The van der Waals surface area contributed by atoms with Crippen molar-refractivity contribution in [1.29, 1.82) is 0 Å². The summed E-state index contributed by atoms with van der Waals surface area (Å²) in [6.45, 7) is 0. The molecule has 7 aliphatic heterocycles. The largest absolute Gasteiger partial charge is 0.538 e. The summed E-state index contributed by atoms with van der Waals surface area (Å²) in [4.78, 5) is 21.1. The lowest BCUT2D eigenvalue weighted by Crippen LogP contribution is -2.79. The van der Waals surface area contributed by atoms with Gasteiger partial charge in [0.2, 0.25) is 0 Å². The van der Waals surface area contributed by atoms with Crippen LogP contribution < -0.4 is 0 Å². The average molecular weight is 410 g/mol. The fraction of sp³-hybridized carbons (Fsp3) is 0.800. The lowest BCUT2D eigenvalue weighted by Gasteiger charge is -2.48. The molecule has 5 unspecified atom stereocenters. The maximum Gasteiger partial charge on any atom is 0.538 e. The van der Waals surface area contributed by atoms with Crippen molar-refractivity contribution >= 4 is 29.4 Å². The number of phosphoric acid groups is 3. The number of fused-ring (bicyclic) bond motifs is 3. The van der Waals surface area contributed by atoms with E-state index in [0.29, 0.717) is 0 Å². The van der Waals surface area contributed by atoms with Crippen molar-refractivity contribution in [3.63, 3.8) is 0 Å². The molecule has 0 aromatic rings. The van der Waals surface area contributed by atoms with Gasteiger partial charge in [0, 0.05) is 0 Å². The molecule has 0 aliphatic carbocycles. The van der Waals surface area contributed by atoms with Crippen LogP contribution in [0, 0.1) is 0 Å². The summed E-state index contributed by atoms with van der Waals surface area (Å²) in [6, 6.07) is 0. The number of rotatable bonds is 1. The third-order valence-electron chi connectivity index (χ3n) is 3.67. The van der Waals surface area contributed by atoms with Crippen molar-refractivity contribution in [2.45, 2.75) is 23.3 Å². The topological polar surface area (TPSA) is 190 Å². The Hall–Kier alpha value is -0.280. The molecule has 5 atom stereocenters. The van der Waals surface area contributed by atoms with Crippen molar-refractivity contribution in [2.24, 2.45) is 0 Å². The molecule has 7 aliphatic rings. The van der Waals surface area contributed by atoms with E-state index in [9.17, 15) is 23.6 Å². The van der Waals surface area contributed by atoms with Crippen LogP contribution in [0.2, 0.25) is 0 Å². The first-order valence-electron chi connectivity index (χ1n) is 5.79. The second kappa shape index (κ2) is 3.45. The molecule has 0 radical (unpaired) electrons. The van der Waals surface area contributed by atoms with E-state index in [4.69, 9.17) is 18.1 Å². The van der Waals surface area contributed by atoms with E-state index in [1.54, 1.807) is 0 Å². The molecule has 7 fully saturated rings. The van der Waals surface area contributed by atoms with E-state index in [-0.39, 0.29) is 0 Å². The summed E-state index contributed by atoms with van der Waals surface area (Å²) in [5.41, 5.74) is 0. The third kappa shape index (κ3) is 1.21. The van der Waals surface area contributed by atoms with Gasteiger partial charge in [0.05, 0.1) is 0 Å². The van der Waals surface area contributed by atoms with Crippen LogP contribution in [0.25, 0.3) is 0 Å². The second-order valence-electron chi connectivity index (χ2n) is 5.02. The minimum atomic E-state index is -4.78. The Labute approximate surface area is 128 Å². The second-order valence-corrected chi connectivity index (χ2v) is 9.28. The van der Waals surface area contributed by atoms with Crippen LogP contribution in [0.4, 0.5) is 0 Å². The van der Waals surface area contributed by atoms with Crippen LogP contribution in [0.5, 0.6) is 0 Å². The summed E-state index contributed by atoms with van der Waals surface area (Å²) in [5, 5.41) is 10.8. The van der Waals surface area contributed by atoms with Crippen molar-refractivity contribution in [2.75, 3.05) is 0 Å². The number of carbonyl (C=O) groups excluding carboxylic acids is 1. The van der Waals surface area contributed by atoms with Gasteiger partial charge >= 0.3 is 52.8 Å². The van der Waals surface area contributed by atoms with E-state index >= 15 is 0 Å². The standard InChI is InChI=1S/C5HO16P3/c6-1-2(14-22(8,11-1)15-2)3(7)4-5(18-23(9,16-3)17-4)13-21-24(10,19-5)20-12-4/h7H. The van der Waals surface area contributed by atoms with Crippen molar-refractivity contribution in [1.82, 2.24) is 0 Å². The molecule has 0 aromatic heterocycles. The van der Waals surface area contributed by atoms with Crippen LogP contribution in [0.1, 0.15) is 0 Å². The van der Waals surface area contributed by atoms with E-state index in [2.05, 4.69) is 32.7 Å². The van der Waals surface area contributed by atoms with Gasteiger partial charge in [0.25, 0.3) is 0 Å². The minimum absolute atomic E-state index is 1.53. The molecule has 0 saturated carbocycles. The highest BCUT2D eigenvalue weighted by molar-refractivity contribution is 7.51. The normalized spacial score (nSPS) is 68.6. The highest BCUT2D eigenvalue weighted by atomic mass is 31.2. The summed E-state index contributed by atoms with van der Waals surface area (Å²) < 4.78 is 77.0. The molecule has 1 N–H and O–H groups in total. The maximum atomic E-state index is 12.4. The maximum absolute atomic E-state index is 12.4. The molecule has 7 saturated heterocycles. The van der Waals surface area contributed by atoms with Crippen molar-refractivity contribution in [3.05, 3.63) is 0 Å². The highest BCUT2D eigenvalue weighted by Gasteiger charge is 3.02. The lowest BCUT2D eigenvalue weighted by atomic mass is 9.94. The Morgan fingerprint density at radius 3 is 2.12 bits per heavy atom.